The Balaban J connectivity index is 1.42. The van der Waals surface area contributed by atoms with Gasteiger partial charge in [-0.1, -0.05) is 72.8 Å². The van der Waals surface area contributed by atoms with Crippen molar-refractivity contribution in [3.8, 4) is 5.69 Å². The highest BCUT2D eigenvalue weighted by Gasteiger charge is 2.23. The predicted octanol–water partition coefficient (Wildman–Crippen LogP) is 9.93. The van der Waals surface area contributed by atoms with Crippen molar-refractivity contribution in [3.05, 3.63) is 128 Å². The molecule has 0 radical (unpaired) electrons. The van der Waals surface area contributed by atoms with Crippen molar-refractivity contribution >= 4 is 87.1 Å². The van der Waals surface area contributed by atoms with Crippen LogP contribution in [0.1, 0.15) is 0 Å². The van der Waals surface area contributed by atoms with Crippen LogP contribution >= 0.6 is 0 Å². The van der Waals surface area contributed by atoms with Crippen molar-refractivity contribution in [2.75, 3.05) is 0 Å². The minimum absolute atomic E-state index is 1.19. The number of para-hydroxylation sites is 4. The minimum atomic E-state index is 1.19. The molecule has 0 saturated carbocycles. The topological polar surface area (TPSA) is 13.8 Å². The van der Waals surface area contributed by atoms with Gasteiger partial charge in [-0.2, -0.15) is 0 Å². The van der Waals surface area contributed by atoms with Crippen LogP contribution in [0.3, 0.4) is 0 Å². The Morgan fingerprint density at radius 2 is 1.10 bits per heavy atom. The molecular formula is C38H21N3. The van der Waals surface area contributed by atoms with E-state index in [4.69, 9.17) is 0 Å². The van der Waals surface area contributed by atoms with E-state index in [0.29, 0.717) is 0 Å². The zero-order valence-corrected chi connectivity index (χ0v) is 22.0. The summed E-state index contributed by atoms with van der Waals surface area (Å²) in [6.45, 7) is 0. The molecule has 0 bridgehead atoms. The van der Waals surface area contributed by atoms with Crippen LogP contribution in [0, 0.1) is 0 Å². The molecule has 0 aliphatic heterocycles. The van der Waals surface area contributed by atoms with Crippen LogP contribution in [0.5, 0.6) is 0 Å². The number of hydrogen-bond donors (Lipinski definition) is 0. The second kappa shape index (κ2) is 6.78. The average Bonchev–Trinajstić information content (AvgIpc) is 3.81. The van der Waals surface area contributed by atoms with Gasteiger partial charge < -0.3 is 13.4 Å². The predicted molar refractivity (Wildman–Crippen MR) is 173 cm³/mol. The van der Waals surface area contributed by atoms with Gasteiger partial charge >= 0.3 is 0 Å². The first kappa shape index (κ1) is 20.4. The molecule has 3 heteroatoms. The Morgan fingerprint density at radius 3 is 1.98 bits per heavy atom. The fraction of sp³-hybridized carbons (Fsp3) is 0. The standard InChI is InChI=1S/C38H21N3/c1-2-9-23(10-3-1)40-31-16-7-5-12-27(31)35-34(40)19-22-17-18-39-32-20-28-26-14-8-13-25-24-11-4-6-15-30(24)41(38(25)26)33(28)21-29(32)36(35)37(22)39/h1-21H. The van der Waals surface area contributed by atoms with Gasteiger partial charge in [0.2, 0.25) is 0 Å². The molecule has 6 aromatic carbocycles. The maximum absolute atomic E-state index is 2.49. The molecule has 5 aromatic heterocycles. The lowest BCUT2D eigenvalue weighted by Crippen LogP contribution is -1.92. The van der Waals surface area contributed by atoms with E-state index in [1.165, 1.54) is 92.8 Å². The summed E-state index contributed by atoms with van der Waals surface area (Å²) in [5.74, 6) is 0. The zero-order chi connectivity index (χ0) is 26.4. The van der Waals surface area contributed by atoms with Gasteiger partial charge in [0.1, 0.15) is 0 Å². The number of rotatable bonds is 1. The van der Waals surface area contributed by atoms with E-state index in [-0.39, 0.29) is 0 Å². The molecule has 11 rings (SSSR count). The van der Waals surface area contributed by atoms with Crippen molar-refractivity contribution in [2.45, 2.75) is 0 Å². The number of hydrogen-bond acceptors (Lipinski definition) is 0. The van der Waals surface area contributed by atoms with E-state index in [1.807, 2.05) is 0 Å². The number of benzene rings is 6. The van der Waals surface area contributed by atoms with E-state index >= 15 is 0 Å². The van der Waals surface area contributed by atoms with E-state index < -0.39 is 0 Å². The van der Waals surface area contributed by atoms with Gasteiger partial charge in [0, 0.05) is 60.4 Å². The summed E-state index contributed by atoms with van der Waals surface area (Å²) in [4.78, 5) is 0. The molecule has 0 atom stereocenters. The molecule has 11 aromatic rings. The van der Waals surface area contributed by atoms with Crippen molar-refractivity contribution in [3.63, 3.8) is 0 Å². The quantitative estimate of drug-likeness (QED) is 0.205. The zero-order valence-electron chi connectivity index (χ0n) is 22.0. The van der Waals surface area contributed by atoms with Crippen molar-refractivity contribution < 1.29 is 0 Å². The normalized spacial score (nSPS) is 12.9. The molecule has 188 valence electrons. The molecule has 5 heterocycles. The van der Waals surface area contributed by atoms with Crippen molar-refractivity contribution in [1.29, 1.82) is 0 Å². The van der Waals surface area contributed by atoms with Gasteiger partial charge in [0.05, 0.1) is 38.6 Å². The van der Waals surface area contributed by atoms with Crippen LogP contribution in [-0.4, -0.2) is 13.4 Å². The summed E-state index contributed by atoms with van der Waals surface area (Å²) in [7, 11) is 0. The van der Waals surface area contributed by atoms with Crippen molar-refractivity contribution in [2.24, 2.45) is 0 Å². The summed E-state index contributed by atoms with van der Waals surface area (Å²) < 4.78 is 7.34. The third-order valence-electron chi connectivity index (χ3n) is 9.49. The van der Waals surface area contributed by atoms with Crippen molar-refractivity contribution in [1.82, 2.24) is 13.4 Å². The summed E-state index contributed by atoms with van der Waals surface area (Å²) in [5, 5.41) is 11.8. The fourth-order valence-electron chi connectivity index (χ4n) is 7.93. The highest BCUT2D eigenvalue weighted by molar-refractivity contribution is 6.34. The first-order valence-corrected chi connectivity index (χ1v) is 14.2. The third-order valence-corrected chi connectivity index (χ3v) is 9.49. The Kier molecular flexibility index (Phi) is 3.37. The molecular weight excluding hydrogens is 498 g/mol. The Labute approximate surface area is 233 Å². The molecule has 0 fully saturated rings. The molecule has 0 unspecified atom stereocenters. The monoisotopic (exact) mass is 519 g/mol. The van der Waals surface area contributed by atoms with Crippen LogP contribution in [0.2, 0.25) is 0 Å². The summed E-state index contributed by atoms with van der Waals surface area (Å²) >= 11 is 0. The van der Waals surface area contributed by atoms with Crippen LogP contribution in [0.15, 0.2) is 128 Å². The van der Waals surface area contributed by atoms with Crippen LogP contribution in [-0.2, 0) is 0 Å². The summed E-state index contributed by atoms with van der Waals surface area (Å²) in [6.07, 6.45) is 2.26. The largest absolute Gasteiger partial charge is 0.315 e. The fourth-order valence-corrected chi connectivity index (χ4v) is 7.93. The molecule has 0 N–H and O–H groups in total. The Bertz CT molecular complexity index is 2840. The summed E-state index contributed by atoms with van der Waals surface area (Å²) in [6, 6.07) is 44.8. The number of fused-ring (bicyclic) bond motifs is 13. The highest BCUT2D eigenvalue weighted by Crippen LogP contribution is 2.46. The van der Waals surface area contributed by atoms with E-state index in [2.05, 4.69) is 141 Å². The summed E-state index contributed by atoms with van der Waals surface area (Å²) in [5.41, 5.74) is 10.1. The molecule has 0 amide bonds. The third kappa shape index (κ3) is 2.23. The van der Waals surface area contributed by atoms with E-state index in [1.54, 1.807) is 0 Å². The SMILES string of the molecule is c1ccc(-n2c3ccccc3c3c4c5cc6c(cc5n5ccc(cc32)c45)c2cccc3c4ccccc4n6c32)cc1. The van der Waals surface area contributed by atoms with Gasteiger partial charge in [-0.05, 0) is 48.5 Å². The van der Waals surface area contributed by atoms with Gasteiger partial charge in [0.15, 0.2) is 0 Å². The first-order chi connectivity index (χ1) is 20.4. The maximum Gasteiger partial charge on any atom is 0.0620 e. The Hall–Kier alpha value is -5.54. The highest BCUT2D eigenvalue weighted by atomic mass is 15.0. The van der Waals surface area contributed by atoms with Gasteiger partial charge in [0.25, 0.3) is 0 Å². The second-order valence-electron chi connectivity index (χ2n) is 11.4. The lowest BCUT2D eigenvalue weighted by atomic mass is 10.0. The Morgan fingerprint density at radius 1 is 0.390 bits per heavy atom. The number of nitrogens with zero attached hydrogens (tertiary/aromatic N) is 3. The first-order valence-electron chi connectivity index (χ1n) is 14.2. The molecule has 0 spiro atoms. The molecule has 0 saturated heterocycles. The second-order valence-corrected chi connectivity index (χ2v) is 11.4. The molecule has 3 nitrogen and oxygen atoms in total. The number of aromatic nitrogens is 3. The average molecular weight is 520 g/mol. The van der Waals surface area contributed by atoms with Crippen LogP contribution in [0.4, 0.5) is 0 Å². The van der Waals surface area contributed by atoms with E-state index in [9.17, 15) is 0 Å². The smallest absolute Gasteiger partial charge is 0.0620 e. The molecule has 41 heavy (non-hydrogen) atoms. The minimum Gasteiger partial charge on any atom is -0.315 e. The maximum atomic E-state index is 2.49. The lowest BCUT2D eigenvalue weighted by molar-refractivity contribution is 1.18. The van der Waals surface area contributed by atoms with Gasteiger partial charge in [-0.15, -0.1) is 0 Å². The van der Waals surface area contributed by atoms with Gasteiger partial charge in [-0.25, -0.2) is 0 Å². The molecule has 0 aliphatic rings. The van der Waals surface area contributed by atoms with E-state index in [0.717, 1.165) is 0 Å². The van der Waals surface area contributed by atoms with Crippen LogP contribution in [0.25, 0.3) is 92.8 Å². The molecule has 0 aliphatic carbocycles. The van der Waals surface area contributed by atoms with Crippen LogP contribution < -0.4 is 0 Å². The van der Waals surface area contributed by atoms with Gasteiger partial charge in [-0.3, -0.25) is 0 Å². The lowest BCUT2D eigenvalue weighted by Gasteiger charge is -2.07.